The highest BCUT2D eigenvalue weighted by Crippen LogP contribution is 2.22. The third-order valence-corrected chi connectivity index (χ3v) is 2.89. The van der Waals surface area contributed by atoms with Crippen LogP contribution in [0.5, 0.6) is 0 Å². The molecule has 0 amide bonds. The second-order valence-corrected chi connectivity index (χ2v) is 4.08. The molecule has 5 nitrogen and oxygen atoms in total. The average molecular weight is 215 g/mol. The Labute approximate surface area is 89.6 Å². The Morgan fingerprint density at radius 1 is 1.47 bits per heavy atom. The second kappa shape index (κ2) is 6.10. The van der Waals surface area contributed by atoms with E-state index in [2.05, 4.69) is 5.32 Å². The first-order chi connectivity index (χ1) is 7.11. The summed E-state index contributed by atoms with van der Waals surface area (Å²) >= 11 is 0. The lowest BCUT2D eigenvalue weighted by atomic mass is 9.79. The zero-order chi connectivity index (χ0) is 11.3. The fourth-order valence-electron chi connectivity index (χ4n) is 2.12. The number of piperidine rings is 1. The van der Waals surface area contributed by atoms with Gasteiger partial charge in [-0.05, 0) is 38.0 Å². The normalized spacial score (nSPS) is 26.3. The van der Waals surface area contributed by atoms with Crippen molar-refractivity contribution in [3.8, 4) is 0 Å². The van der Waals surface area contributed by atoms with Gasteiger partial charge < -0.3 is 20.5 Å². The van der Waals surface area contributed by atoms with Crippen molar-refractivity contribution in [2.75, 3.05) is 6.54 Å². The van der Waals surface area contributed by atoms with E-state index in [1.807, 2.05) is 0 Å². The first-order valence-electron chi connectivity index (χ1n) is 5.43. The molecular weight excluding hydrogens is 197 g/mol. The molecule has 2 atom stereocenters. The van der Waals surface area contributed by atoms with Gasteiger partial charge in [0.2, 0.25) is 0 Å². The summed E-state index contributed by atoms with van der Waals surface area (Å²) in [6.07, 6.45) is 3.62. The van der Waals surface area contributed by atoms with Crippen molar-refractivity contribution in [2.24, 2.45) is 5.92 Å². The summed E-state index contributed by atoms with van der Waals surface area (Å²) < 4.78 is 0. The van der Waals surface area contributed by atoms with Gasteiger partial charge in [0.05, 0.1) is 0 Å². The number of nitrogens with one attached hydrogen (secondary N) is 1. The number of carboxylic acids is 1. The Morgan fingerprint density at radius 3 is 2.80 bits per heavy atom. The molecule has 1 fully saturated rings. The molecule has 86 valence electrons. The molecule has 0 bridgehead atoms. The third kappa shape index (κ3) is 4.19. The first kappa shape index (κ1) is 12.5. The largest absolute Gasteiger partial charge is 0.480 e. The van der Waals surface area contributed by atoms with Gasteiger partial charge >= 0.3 is 13.1 Å². The second-order valence-electron chi connectivity index (χ2n) is 4.08. The van der Waals surface area contributed by atoms with E-state index in [0.717, 1.165) is 25.8 Å². The van der Waals surface area contributed by atoms with Gasteiger partial charge in [0.15, 0.2) is 0 Å². The van der Waals surface area contributed by atoms with Gasteiger partial charge in [-0.15, -0.1) is 0 Å². The van der Waals surface area contributed by atoms with Gasteiger partial charge in [-0.2, -0.15) is 0 Å². The van der Waals surface area contributed by atoms with E-state index < -0.39 is 19.1 Å². The number of aliphatic carboxylic acids is 1. The van der Waals surface area contributed by atoms with Gasteiger partial charge in [-0.1, -0.05) is 6.42 Å². The topological polar surface area (TPSA) is 89.8 Å². The van der Waals surface area contributed by atoms with E-state index in [1.54, 1.807) is 0 Å². The fourth-order valence-corrected chi connectivity index (χ4v) is 2.12. The molecule has 0 saturated carbocycles. The summed E-state index contributed by atoms with van der Waals surface area (Å²) in [6, 6.07) is -0.463. The predicted octanol–water partition coefficient (Wildman–Crippen LogP) is -0.308. The molecule has 0 spiro atoms. The van der Waals surface area contributed by atoms with E-state index in [4.69, 9.17) is 15.2 Å². The number of rotatable bonds is 5. The maximum absolute atomic E-state index is 10.9. The highest BCUT2D eigenvalue weighted by Gasteiger charge is 2.29. The third-order valence-electron chi connectivity index (χ3n) is 2.89. The van der Waals surface area contributed by atoms with E-state index in [-0.39, 0.29) is 5.92 Å². The van der Waals surface area contributed by atoms with Crippen molar-refractivity contribution in [1.82, 2.24) is 5.32 Å². The summed E-state index contributed by atoms with van der Waals surface area (Å²) in [5.74, 6) is -0.681. The zero-order valence-electron chi connectivity index (χ0n) is 8.72. The fraction of sp³-hybridized carbons (Fsp3) is 0.889. The van der Waals surface area contributed by atoms with Crippen LogP contribution in [0.4, 0.5) is 0 Å². The number of hydrogen-bond donors (Lipinski definition) is 4. The van der Waals surface area contributed by atoms with Crippen LogP contribution in [0, 0.1) is 5.92 Å². The van der Waals surface area contributed by atoms with E-state index in [9.17, 15) is 4.79 Å². The molecule has 0 radical (unpaired) electrons. The standard InChI is InChI=1S/C9H18BNO4/c12-9(13)8-7(4-2-6-11-8)3-1-5-10(14)15/h7-8,11,14-15H,1-6H2,(H,12,13)/t7-,8-/m0/s1. The van der Waals surface area contributed by atoms with Crippen LogP contribution in [0.25, 0.3) is 0 Å². The molecule has 0 aromatic carbocycles. The molecular formula is C9H18BNO4. The van der Waals surface area contributed by atoms with Crippen molar-refractivity contribution in [3.63, 3.8) is 0 Å². The minimum atomic E-state index is -1.27. The van der Waals surface area contributed by atoms with Crippen LogP contribution in [0.2, 0.25) is 6.32 Å². The Balaban J connectivity index is 2.33. The highest BCUT2D eigenvalue weighted by molar-refractivity contribution is 6.40. The van der Waals surface area contributed by atoms with Gasteiger partial charge in [-0.25, -0.2) is 0 Å². The molecule has 15 heavy (non-hydrogen) atoms. The molecule has 1 rings (SSSR count). The zero-order valence-corrected chi connectivity index (χ0v) is 8.72. The van der Waals surface area contributed by atoms with Gasteiger partial charge in [0, 0.05) is 0 Å². The van der Waals surface area contributed by atoms with Crippen molar-refractivity contribution < 1.29 is 19.9 Å². The summed E-state index contributed by atoms with van der Waals surface area (Å²) in [7, 11) is -1.27. The van der Waals surface area contributed by atoms with Gasteiger partial charge in [0.1, 0.15) is 6.04 Å². The number of hydrogen-bond acceptors (Lipinski definition) is 4. The molecule has 0 aromatic heterocycles. The minimum absolute atomic E-state index is 0.120. The number of carbonyl (C=O) groups is 1. The lowest BCUT2D eigenvalue weighted by molar-refractivity contribution is -0.141. The Kier molecular flexibility index (Phi) is 5.07. The van der Waals surface area contributed by atoms with Crippen molar-refractivity contribution in [2.45, 2.75) is 38.0 Å². The lowest BCUT2D eigenvalue weighted by Gasteiger charge is -2.29. The molecule has 4 N–H and O–H groups in total. The molecule has 1 heterocycles. The van der Waals surface area contributed by atoms with Crippen LogP contribution in [0.1, 0.15) is 25.7 Å². The minimum Gasteiger partial charge on any atom is -0.480 e. The Bertz CT molecular complexity index is 212. The van der Waals surface area contributed by atoms with Crippen LogP contribution >= 0.6 is 0 Å². The lowest BCUT2D eigenvalue weighted by Crippen LogP contribution is -2.46. The summed E-state index contributed by atoms with van der Waals surface area (Å²) in [5, 5.41) is 29.3. The molecule has 1 aliphatic heterocycles. The average Bonchev–Trinajstić information content (AvgIpc) is 2.17. The van der Waals surface area contributed by atoms with E-state index >= 15 is 0 Å². The molecule has 1 aliphatic rings. The Morgan fingerprint density at radius 2 is 2.20 bits per heavy atom. The van der Waals surface area contributed by atoms with E-state index in [1.165, 1.54) is 0 Å². The maximum Gasteiger partial charge on any atom is 0.451 e. The van der Waals surface area contributed by atoms with Crippen LogP contribution in [0.15, 0.2) is 0 Å². The molecule has 0 aromatic rings. The smallest absolute Gasteiger partial charge is 0.451 e. The van der Waals surface area contributed by atoms with Crippen molar-refractivity contribution in [1.29, 1.82) is 0 Å². The summed E-state index contributed by atoms with van der Waals surface area (Å²) in [6.45, 7) is 0.760. The van der Waals surface area contributed by atoms with Gasteiger partial charge in [-0.3, -0.25) is 4.79 Å². The highest BCUT2D eigenvalue weighted by atomic mass is 16.4. The van der Waals surface area contributed by atoms with E-state index in [0.29, 0.717) is 12.7 Å². The van der Waals surface area contributed by atoms with Crippen LogP contribution in [-0.2, 0) is 4.79 Å². The van der Waals surface area contributed by atoms with Crippen LogP contribution < -0.4 is 5.32 Å². The monoisotopic (exact) mass is 215 g/mol. The number of carboxylic acid groups (broad SMARTS) is 1. The molecule has 0 aliphatic carbocycles. The molecule has 6 heteroatoms. The molecule has 0 unspecified atom stereocenters. The quantitative estimate of drug-likeness (QED) is 0.472. The van der Waals surface area contributed by atoms with Crippen molar-refractivity contribution >= 4 is 13.1 Å². The SMILES string of the molecule is O=C(O)[C@H]1NCCC[C@@H]1CCCB(O)O. The summed E-state index contributed by atoms with van der Waals surface area (Å²) in [4.78, 5) is 10.9. The molecule has 1 saturated heterocycles. The predicted molar refractivity (Wildman–Crippen MR) is 56.4 cm³/mol. The summed E-state index contributed by atoms with van der Waals surface area (Å²) in [5.41, 5.74) is 0. The Hall–Kier alpha value is -0.585. The van der Waals surface area contributed by atoms with Crippen LogP contribution in [0.3, 0.4) is 0 Å². The maximum atomic E-state index is 10.9. The van der Waals surface area contributed by atoms with Crippen LogP contribution in [-0.4, -0.2) is 40.8 Å². The van der Waals surface area contributed by atoms with Gasteiger partial charge in [0.25, 0.3) is 0 Å². The first-order valence-corrected chi connectivity index (χ1v) is 5.43. The van der Waals surface area contributed by atoms with Crippen molar-refractivity contribution in [3.05, 3.63) is 0 Å².